The molecule has 0 aliphatic carbocycles. The van der Waals surface area contributed by atoms with Gasteiger partial charge in [0.05, 0.1) is 12.1 Å². The SMILES string of the molecule is NC(=NCCNC(=O)c1cccnc1)N1CCCCC1. The number of carbonyl (C=O) groups is 1. The van der Waals surface area contributed by atoms with Gasteiger partial charge in [-0.3, -0.25) is 14.8 Å². The molecule has 2 heterocycles. The lowest BCUT2D eigenvalue weighted by atomic mass is 10.1. The number of amides is 1. The molecule has 0 spiro atoms. The third-order valence-electron chi connectivity index (χ3n) is 3.27. The highest BCUT2D eigenvalue weighted by molar-refractivity contribution is 5.93. The molecule has 0 radical (unpaired) electrons. The molecule has 3 N–H and O–H groups in total. The van der Waals surface area contributed by atoms with E-state index in [0.29, 0.717) is 24.6 Å². The standard InChI is InChI=1S/C14H21N5O/c15-14(19-9-2-1-3-10-19)18-8-7-17-13(20)12-5-4-6-16-11-12/h4-6,11H,1-3,7-10H2,(H2,15,18)(H,17,20). The molecule has 1 saturated heterocycles. The average Bonchev–Trinajstić information content (AvgIpc) is 2.53. The van der Waals surface area contributed by atoms with Crippen molar-refractivity contribution in [2.45, 2.75) is 19.3 Å². The number of aliphatic imine (C=N–C) groups is 1. The molecule has 1 amide bonds. The zero-order valence-corrected chi connectivity index (χ0v) is 11.6. The number of aromatic nitrogens is 1. The minimum Gasteiger partial charge on any atom is -0.370 e. The van der Waals surface area contributed by atoms with E-state index in [1.54, 1.807) is 24.5 Å². The molecular formula is C14H21N5O. The van der Waals surface area contributed by atoms with E-state index in [2.05, 4.69) is 20.2 Å². The molecule has 0 atom stereocenters. The molecule has 6 heteroatoms. The summed E-state index contributed by atoms with van der Waals surface area (Å²) in [4.78, 5) is 22.1. The van der Waals surface area contributed by atoms with Gasteiger partial charge >= 0.3 is 0 Å². The van der Waals surface area contributed by atoms with Crippen molar-refractivity contribution in [3.05, 3.63) is 30.1 Å². The van der Waals surface area contributed by atoms with Crippen LogP contribution in [0.25, 0.3) is 0 Å². The maximum absolute atomic E-state index is 11.7. The minimum atomic E-state index is -0.134. The Labute approximate surface area is 119 Å². The van der Waals surface area contributed by atoms with Crippen molar-refractivity contribution < 1.29 is 4.79 Å². The molecule has 20 heavy (non-hydrogen) atoms. The number of carbonyl (C=O) groups excluding carboxylic acids is 1. The van der Waals surface area contributed by atoms with Crippen LogP contribution in [0.1, 0.15) is 29.6 Å². The Kier molecular flexibility index (Phi) is 5.34. The van der Waals surface area contributed by atoms with Crippen molar-refractivity contribution in [3.63, 3.8) is 0 Å². The van der Waals surface area contributed by atoms with E-state index in [1.165, 1.54) is 19.3 Å². The maximum Gasteiger partial charge on any atom is 0.252 e. The number of hydrogen-bond donors (Lipinski definition) is 2. The van der Waals surface area contributed by atoms with Crippen LogP contribution >= 0.6 is 0 Å². The second kappa shape index (κ2) is 7.47. The van der Waals surface area contributed by atoms with E-state index in [4.69, 9.17) is 5.73 Å². The lowest BCUT2D eigenvalue weighted by Crippen LogP contribution is -2.41. The highest BCUT2D eigenvalue weighted by Gasteiger charge is 2.11. The number of piperidine rings is 1. The van der Waals surface area contributed by atoms with E-state index in [9.17, 15) is 4.79 Å². The molecule has 6 nitrogen and oxygen atoms in total. The quantitative estimate of drug-likeness (QED) is 0.479. The summed E-state index contributed by atoms with van der Waals surface area (Å²) < 4.78 is 0. The largest absolute Gasteiger partial charge is 0.370 e. The van der Waals surface area contributed by atoms with Gasteiger partial charge in [-0.2, -0.15) is 0 Å². The van der Waals surface area contributed by atoms with Crippen LogP contribution in [0, 0.1) is 0 Å². The summed E-state index contributed by atoms with van der Waals surface area (Å²) in [5.41, 5.74) is 6.49. The summed E-state index contributed by atoms with van der Waals surface area (Å²) in [6.07, 6.45) is 6.80. The first-order valence-corrected chi connectivity index (χ1v) is 7.00. The van der Waals surface area contributed by atoms with Gasteiger partial charge in [0.1, 0.15) is 0 Å². The van der Waals surface area contributed by atoms with Crippen LogP contribution in [-0.4, -0.2) is 47.9 Å². The van der Waals surface area contributed by atoms with Crippen molar-refractivity contribution in [1.29, 1.82) is 0 Å². The molecule has 1 fully saturated rings. The van der Waals surface area contributed by atoms with Gasteiger partial charge in [0.2, 0.25) is 0 Å². The summed E-state index contributed by atoms with van der Waals surface area (Å²) in [5.74, 6) is 0.449. The minimum absolute atomic E-state index is 0.134. The van der Waals surface area contributed by atoms with Crippen LogP contribution in [0.15, 0.2) is 29.5 Å². The van der Waals surface area contributed by atoms with Gasteiger partial charge in [0, 0.05) is 32.0 Å². The monoisotopic (exact) mass is 275 g/mol. The topological polar surface area (TPSA) is 83.6 Å². The van der Waals surface area contributed by atoms with Crippen LogP contribution in [0.4, 0.5) is 0 Å². The van der Waals surface area contributed by atoms with Crippen LogP contribution < -0.4 is 11.1 Å². The van der Waals surface area contributed by atoms with Crippen LogP contribution in [0.5, 0.6) is 0 Å². The van der Waals surface area contributed by atoms with E-state index >= 15 is 0 Å². The van der Waals surface area contributed by atoms with Gasteiger partial charge in [-0.25, -0.2) is 0 Å². The van der Waals surface area contributed by atoms with Crippen molar-refractivity contribution >= 4 is 11.9 Å². The number of guanidine groups is 1. The fraction of sp³-hybridized carbons (Fsp3) is 0.500. The molecule has 0 aromatic carbocycles. The highest BCUT2D eigenvalue weighted by Crippen LogP contribution is 2.07. The van der Waals surface area contributed by atoms with Crippen LogP contribution in [0.2, 0.25) is 0 Å². The third kappa shape index (κ3) is 4.22. The molecule has 2 rings (SSSR count). The zero-order chi connectivity index (χ0) is 14.2. The van der Waals surface area contributed by atoms with Crippen LogP contribution in [-0.2, 0) is 0 Å². The van der Waals surface area contributed by atoms with Gasteiger partial charge in [-0.1, -0.05) is 0 Å². The zero-order valence-electron chi connectivity index (χ0n) is 11.6. The lowest BCUT2D eigenvalue weighted by molar-refractivity contribution is 0.0954. The molecular weight excluding hydrogens is 254 g/mol. The smallest absolute Gasteiger partial charge is 0.252 e. The van der Waals surface area contributed by atoms with Gasteiger partial charge in [0.15, 0.2) is 5.96 Å². The number of pyridine rings is 1. The summed E-state index contributed by atoms with van der Waals surface area (Å²) >= 11 is 0. The number of nitrogens with one attached hydrogen (secondary N) is 1. The van der Waals surface area contributed by atoms with E-state index in [0.717, 1.165) is 13.1 Å². The Morgan fingerprint density at radius 1 is 1.40 bits per heavy atom. The summed E-state index contributed by atoms with van der Waals surface area (Å²) in [7, 11) is 0. The Morgan fingerprint density at radius 3 is 2.90 bits per heavy atom. The molecule has 1 aliphatic rings. The molecule has 0 bridgehead atoms. The maximum atomic E-state index is 11.7. The molecule has 1 aliphatic heterocycles. The second-order valence-electron chi connectivity index (χ2n) is 4.79. The fourth-order valence-corrected chi connectivity index (χ4v) is 2.16. The Bertz CT molecular complexity index is 454. The average molecular weight is 275 g/mol. The van der Waals surface area contributed by atoms with Crippen LogP contribution in [0.3, 0.4) is 0 Å². The predicted molar refractivity (Wildman–Crippen MR) is 78.5 cm³/mol. The van der Waals surface area contributed by atoms with E-state index in [1.807, 2.05) is 0 Å². The van der Waals surface area contributed by atoms with Crippen molar-refractivity contribution in [2.75, 3.05) is 26.2 Å². The molecule has 0 saturated carbocycles. The number of rotatable bonds is 4. The summed E-state index contributed by atoms with van der Waals surface area (Å²) in [6, 6.07) is 3.47. The number of hydrogen-bond acceptors (Lipinski definition) is 3. The number of likely N-dealkylation sites (tertiary alicyclic amines) is 1. The molecule has 1 aromatic heterocycles. The van der Waals surface area contributed by atoms with Crippen molar-refractivity contribution in [1.82, 2.24) is 15.2 Å². The normalized spacial score (nSPS) is 16.0. The Hall–Kier alpha value is -2.11. The first-order valence-electron chi connectivity index (χ1n) is 7.00. The predicted octanol–water partition coefficient (Wildman–Crippen LogP) is 0.612. The lowest BCUT2D eigenvalue weighted by Gasteiger charge is -2.27. The second-order valence-corrected chi connectivity index (χ2v) is 4.79. The summed E-state index contributed by atoms with van der Waals surface area (Å²) in [5, 5.41) is 2.80. The third-order valence-corrected chi connectivity index (χ3v) is 3.27. The van der Waals surface area contributed by atoms with Crippen molar-refractivity contribution in [2.24, 2.45) is 10.7 Å². The van der Waals surface area contributed by atoms with Gasteiger partial charge < -0.3 is 16.0 Å². The van der Waals surface area contributed by atoms with Gasteiger partial charge in [-0.15, -0.1) is 0 Å². The van der Waals surface area contributed by atoms with E-state index in [-0.39, 0.29) is 5.91 Å². The van der Waals surface area contributed by atoms with E-state index < -0.39 is 0 Å². The summed E-state index contributed by atoms with van der Waals surface area (Å²) in [6.45, 7) is 2.94. The molecule has 0 unspecified atom stereocenters. The highest BCUT2D eigenvalue weighted by atomic mass is 16.1. The Morgan fingerprint density at radius 2 is 2.20 bits per heavy atom. The first kappa shape index (κ1) is 14.3. The molecule has 108 valence electrons. The van der Waals surface area contributed by atoms with Crippen molar-refractivity contribution in [3.8, 4) is 0 Å². The number of nitrogens with two attached hydrogens (primary N) is 1. The fourth-order valence-electron chi connectivity index (χ4n) is 2.16. The van der Waals surface area contributed by atoms with Gasteiger partial charge in [0.25, 0.3) is 5.91 Å². The first-order chi connectivity index (χ1) is 9.77. The molecule has 1 aromatic rings. The van der Waals surface area contributed by atoms with Gasteiger partial charge in [-0.05, 0) is 31.4 Å². The number of nitrogens with zero attached hydrogens (tertiary/aromatic N) is 3. The Balaban J connectivity index is 1.71.